The lowest BCUT2D eigenvalue weighted by molar-refractivity contribution is 0.305. The molecule has 0 aliphatic carbocycles. The van der Waals surface area contributed by atoms with Crippen molar-refractivity contribution < 1.29 is 4.74 Å². The standard InChI is InChI=1S/C14H18N2OS/c1-10(2)13-9-18-14(16-13)8-17-12-5-3-4-11(6-12)7-15/h3-6,9-10H,7-8,15H2,1-2H3. The lowest BCUT2D eigenvalue weighted by Gasteiger charge is -2.05. The van der Waals surface area contributed by atoms with Crippen LogP contribution in [0.1, 0.15) is 36.0 Å². The van der Waals surface area contributed by atoms with Crippen LogP contribution in [0.2, 0.25) is 0 Å². The average Bonchev–Trinajstić information content (AvgIpc) is 2.85. The molecule has 0 atom stereocenters. The maximum atomic E-state index is 5.72. The van der Waals surface area contributed by atoms with Crippen LogP contribution in [0.25, 0.3) is 0 Å². The molecule has 96 valence electrons. The van der Waals surface area contributed by atoms with E-state index in [2.05, 4.69) is 24.2 Å². The minimum absolute atomic E-state index is 0.468. The van der Waals surface area contributed by atoms with Gasteiger partial charge in [-0.15, -0.1) is 11.3 Å². The highest BCUT2D eigenvalue weighted by atomic mass is 32.1. The topological polar surface area (TPSA) is 48.1 Å². The molecule has 2 rings (SSSR count). The van der Waals surface area contributed by atoms with E-state index in [0.29, 0.717) is 19.1 Å². The van der Waals surface area contributed by atoms with E-state index in [0.717, 1.165) is 22.0 Å². The molecule has 0 unspecified atom stereocenters. The van der Waals surface area contributed by atoms with Crippen molar-refractivity contribution in [3.05, 3.63) is 45.9 Å². The second-order valence-corrected chi connectivity index (χ2v) is 5.40. The molecule has 0 fully saturated rings. The first-order chi connectivity index (χ1) is 8.69. The second-order valence-electron chi connectivity index (χ2n) is 4.46. The van der Waals surface area contributed by atoms with Crippen LogP contribution >= 0.6 is 11.3 Å². The molecular formula is C14H18N2OS. The zero-order valence-electron chi connectivity index (χ0n) is 10.7. The van der Waals surface area contributed by atoms with Crippen LogP contribution in [0, 0.1) is 0 Å². The number of nitrogens with zero attached hydrogens (tertiary/aromatic N) is 1. The summed E-state index contributed by atoms with van der Waals surface area (Å²) in [6.45, 7) is 5.34. The van der Waals surface area contributed by atoms with Crippen LogP contribution < -0.4 is 10.5 Å². The van der Waals surface area contributed by atoms with Crippen molar-refractivity contribution in [3.63, 3.8) is 0 Å². The Hall–Kier alpha value is -1.39. The van der Waals surface area contributed by atoms with Crippen molar-refractivity contribution in [1.29, 1.82) is 0 Å². The van der Waals surface area contributed by atoms with Crippen LogP contribution in [0.4, 0.5) is 0 Å². The summed E-state index contributed by atoms with van der Waals surface area (Å²) >= 11 is 1.65. The Balaban J connectivity index is 1.97. The average molecular weight is 262 g/mol. The van der Waals surface area contributed by atoms with Gasteiger partial charge in [-0.3, -0.25) is 0 Å². The minimum atomic E-state index is 0.468. The number of benzene rings is 1. The molecule has 0 saturated heterocycles. The zero-order valence-corrected chi connectivity index (χ0v) is 11.5. The van der Waals surface area contributed by atoms with E-state index in [4.69, 9.17) is 10.5 Å². The van der Waals surface area contributed by atoms with E-state index >= 15 is 0 Å². The maximum absolute atomic E-state index is 5.72. The summed E-state index contributed by atoms with van der Waals surface area (Å²) in [7, 11) is 0. The van der Waals surface area contributed by atoms with E-state index in [1.54, 1.807) is 11.3 Å². The Morgan fingerprint density at radius 2 is 2.22 bits per heavy atom. The maximum Gasteiger partial charge on any atom is 0.140 e. The number of hydrogen-bond donors (Lipinski definition) is 1. The van der Waals surface area contributed by atoms with E-state index in [1.165, 1.54) is 0 Å². The number of hydrogen-bond acceptors (Lipinski definition) is 4. The molecule has 0 saturated carbocycles. The Morgan fingerprint density at radius 3 is 2.89 bits per heavy atom. The van der Waals surface area contributed by atoms with Crippen LogP contribution in [0.3, 0.4) is 0 Å². The van der Waals surface area contributed by atoms with E-state index < -0.39 is 0 Å². The number of thiazole rings is 1. The van der Waals surface area contributed by atoms with Crippen LogP contribution in [0.15, 0.2) is 29.6 Å². The first-order valence-corrected chi connectivity index (χ1v) is 6.93. The van der Waals surface area contributed by atoms with Crippen molar-refractivity contribution >= 4 is 11.3 Å². The molecule has 0 aliphatic heterocycles. The molecule has 0 radical (unpaired) electrons. The summed E-state index contributed by atoms with van der Waals surface area (Å²) in [5.41, 5.74) is 7.81. The zero-order chi connectivity index (χ0) is 13.0. The highest BCUT2D eigenvalue weighted by Gasteiger charge is 2.06. The molecule has 0 amide bonds. The predicted octanol–water partition coefficient (Wildman–Crippen LogP) is 3.30. The Bertz CT molecular complexity index is 508. The van der Waals surface area contributed by atoms with Crippen molar-refractivity contribution in [2.45, 2.75) is 32.9 Å². The van der Waals surface area contributed by atoms with Gasteiger partial charge >= 0.3 is 0 Å². The molecule has 4 heteroatoms. The molecule has 0 spiro atoms. The summed E-state index contributed by atoms with van der Waals surface area (Å²) in [4.78, 5) is 4.54. The first-order valence-electron chi connectivity index (χ1n) is 6.05. The first kappa shape index (κ1) is 13.1. The fourth-order valence-corrected chi connectivity index (χ4v) is 2.43. The minimum Gasteiger partial charge on any atom is -0.486 e. The van der Waals surface area contributed by atoms with Gasteiger partial charge in [0.1, 0.15) is 17.4 Å². The van der Waals surface area contributed by atoms with Crippen LogP contribution in [0.5, 0.6) is 5.75 Å². The molecule has 1 heterocycles. The van der Waals surface area contributed by atoms with Gasteiger partial charge in [-0.2, -0.15) is 0 Å². The highest BCUT2D eigenvalue weighted by Crippen LogP contribution is 2.20. The fourth-order valence-electron chi connectivity index (χ4n) is 1.56. The van der Waals surface area contributed by atoms with Gasteiger partial charge < -0.3 is 10.5 Å². The molecule has 2 N–H and O–H groups in total. The number of ether oxygens (including phenoxy) is 1. The predicted molar refractivity (Wildman–Crippen MR) is 74.9 cm³/mol. The Morgan fingerprint density at radius 1 is 1.39 bits per heavy atom. The fraction of sp³-hybridized carbons (Fsp3) is 0.357. The summed E-state index contributed by atoms with van der Waals surface area (Å²) in [6.07, 6.45) is 0. The second kappa shape index (κ2) is 5.98. The Kier molecular flexibility index (Phi) is 4.33. The number of nitrogens with two attached hydrogens (primary N) is 1. The van der Waals surface area contributed by atoms with Gasteiger partial charge in [0.05, 0.1) is 5.69 Å². The van der Waals surface area contributed by atoms with Gasteiger partial charge in [-0.1, -0.05) is 26.0 Å². The van der Waals surface area contributed by atoms with Gasteiger partial charge in [-0.25, -0.2) is 4.98 Å². The van der Waals surface area contributed by atoms with Crippen molar-refractivity contribution in [3.8, 4) is 5.75 Å². The molecule has 2 aromatic rings. The third-order valence-corrected chi connectivity index (χ3v) is 3.50. The molecule has 0 bridgehead atoms. The quantitative estimate of drug-likeness (QED) is 0.899. The summed E-state index contributed by atoms with van der Waals surface area (Å²) in [5.74, 6) is 1.31. The molecule has 3 nitrogen and oxygen atoms in total. The van der Waals surface area contributed by atoms with Gasteiger partial charge in [0.15, 0.2) is 0 Å². The lowest BCUT2D eigenvalue weighted by Crippen LogP contribution is -1.99. The van der Waals surface area contributed by atoms with Crippen molar-refractivity contribution in [1.82, 2.24) is 4.98 Å². The SMILES string of the molecule is CC(C)c1csc(COc2cccc(CN)c2)n1. The van der Waals surface area contributed by atoms with E-state index in [9.17, 15) is 0 Å². The summed E-state index contributed by atoms with van der Waals surface area (Å²) in [5, 5.41) is 3.11. The van der Waals surface area contributed by atoms with Gasteiger partial charge in [0.2, 0.25) is 0 Å². The normalized spacial score (nSPS) is 10.9. The van der Waals surface area contributed by atoms with Crippen LogP contribution in [-0.4, -0.2) is 4.98 Å². The smallest absolute Gasteiger partial charge is 0.140 e. The van der Waals surface area contributed by atoms with E-state index in [1.807, 2.05) is 24.3 Å². The molecular weight excluding hydrogens is 244 g/mol. The summed E-state index contributed by atoms with van der Waals surface area (Å²) in [6, 6.07) is 7.86. The number of aromatic nitrogens is 1. The molecule has 0 aliphatic rings. The highest BCUT2D eigenvalue weighted by molar-refractivity contribution is 7.09. The molecule has 18 heavy (non-hydrogen) atoms. The molecule has 1 aromatic heterocycles. The largest absolute Gasteiger partial charge is 0.486 e. The van der Waals surface area contributed by atoms with Gasteiger partial charge in [0.25, 0.3) is 0 Å². The third-order valence-electron chi connectivity index (χ3n) is 2.66. The monoisotopic (exact) mass is 262 g/mol. The summed E-state index contributed by atoms with van der Waals surface area (Å²) < 4.78 is 5.72. The lowest BCUT2D eigenvalue weighted by atomic mass is 10.2. The van der Waals surface area contributed by atoms with Crippen molar-refractivity contribution in [2.75, 3.05) is 0 Å². The van der Waals surface area contributed by atoms with Crippen molar-refractivity contribution in [2.24, 2.45) is 5.73 Å². The van der Waals surface area contributed by atoms with E-state index in [-0.39, 0.29) is 0 Å². The molecule has 1 aromatic carbocycles. The third kappa shape index (κ3) is 3.31. The van der Waals surface area contributed by atoms with Crippen LogP contribution in [-0.2, 0) is 13.2 Å². The van der Waals surface area contributed by atoms with Gasteiger partial charge in [-0.05, 0) is 23.6 Å². The Labute approximate surface area is 112 Å². The number of rotatable bonds is 5. The van der Waals surface area contributed by atoms with Gasteiger partial charge in [0, 0.05) is 11.9 Å².